The zero-order valence-corrected chi connectivity index (χ0v) is 19.6. The second-order valence-corrected chi connectivity index (χ2v) is 10.6. The van der Waals surface area contributed by atoms with Gasteiger partial charge in [0.1, 0.15) is 16.8 Å². The van der Waals surface area contributed by atoms with Crippen LogP contribution in [0.3, 0.4) is 0 Å². The second kappa shape index (κ2) is 11.7. The highest BCUT2D eigenvalue weighted by atomic mass is 32.2. The van der Waals surface area contributed by atoms with Crippen molar-refractivity contribution in [2.75, 3.05) is 26.4 Å². The van der Waals surface area contributed by atoms with Gasteiger partial charge in [0.25, 0.3) is 0 Å². The summed E-state index contributed by atoms with van der Waals surface area (Å²) < 4.78 is 51.5. The standard InChI is InChI=1S/C20H34NO6PS/c1-5-26-28(22,27-6-2)19(9-7-8-14-20(4)24-15-16-25-20)21-29(23)18-12-10-17(3)11-13-18/h10-13,19,21H,5-9,14-16H2,1-4H3/t19-,29+/m1/s1. The lowest BCUT2D eigenvalue weighted by molar-refractivity contribution is -0.147. The van der Waals surface area contributed by atoms with Crippen LogP contribution in [0, 0.1) is 6.92 Å². The van der Waals surface area contributed by atoms with Crippen LogP contribution in [0.5, 0.6) is 0 Å². The molecule has 166 valence electrons. The van der Waals surface area contributed by atoms with Crippen LogP contribution in [0.1, 0.15) is 52.0 Å². The van der Waals surface area contributed by atoms with E-state index in [4.69, 9.17) is 18.5 Å². The minimum absolute atomic E-state index is 0.256. The molecule has 0 radical (unpaired) electrons. The number of hydrogen-bond acceptors (Lipinski definition) is 6. The molecule has 1 heterocycles. The molecule has 0 spiro atoms. The molecule has 0 saturated carbocycles. The summed E-state index contributed by atoms with van der Waals surface area (Å²) >= 11 is 0. The van der Waals surface area contributed by atoms with Gasteiger partial charge in [-0.3, -0.25) is 4.57 Å². The number of rotatable bonds is 13. The molecule has 1 aliphatic heterocycles. The van der Waals surface area contributed by atoms with Gasteiger partial charge >= 0.3 is 7.60 Å². The predicted molar refractivity (Wildman–Crippen MR) is 114 cm³/mol. The van der Waals surface area contributed by atoms with E-state index in [1.165, 1.54) is 0 Å². The predicted octanol–water partition coefficient (Wildman–Crippen LogP) is 4.52. The van der Waals surface area contributed by atoms with E-state index in [2.05, 4.69) is 4.72 Å². The molecule has 9 heteroatoms. The molecule has 1 fully saturated rings. The molecule has 0 unspecified atom stereocenters. The third-order valence-electron chi connectivity index (χ3n) is 4.73. The van der Waals surface area contributed by atoms with Gasteiger partial charge in [0.15, 0.2) is 5.79 Å². The summed E-state index contributed by atoms with van der Waals surface area (Å²) in [5.74, 6) is -1.21. The topological polar surface area (TPSA) is 83.1 Å². The Morgan fingerprint density at radius 2 is 1.72 bits per heavy atom. The Bertz CT molecular complexity index is 683. The first-order valence-electron chi connectivity index (χ1n) is 10.2. The van der Waals surface area contributed by atoms with E-state index in [1.807, 2.05) is 26.0 Å². The van der Waals surface area contributed by atoms with Gasteiger partial charge in [-0.25, -0.2) is 8.93 Å². The summed E-state index contributed by atoms with van der Waals surface area (Å²) in [7, 11) is -4.99. The highest BCUT2D eigenvalue weighted by Crippen LogP contribution is 2.53. The van der Waals surface area contributed by atoms with Crippen LogP contribution in [-0.4, -0.2) is 42.2 Å². The van der Waals surface area contributed by atoms with Crippen molar-refractivity contribution in [3.05, 3.63) is 29.8 Å². The molecule has 0 aliphatic carbocycles. The molecule has 1 aromatic rings. The van der Waals surface area contributed by atoms with E-state index in [1.54, 1.807) is 26.0 Å². The first kappa shape index (κ1) is 24.7. The summed E-state index contributed by atoms with van der Waals surface area (Å²) in [4.78, 5) is 0.625. The molecule has 0 bridgehead atoms. The fourth-order valence-electron chi connectivity index (χ4n) is 3.20. The maximum Gasteiger partial charge on any atom is 0.348 e. The number of ether oxygens (including phenoxy) is 2. The third-order valence-corrected chi connectivity index (χ3v) is 8.50. The molecule has 1 saturated heterocycles. The second-order valence-electron chi connectivity index (χ2n) is 7.17. The molecule has 0 amide bonds. The van der Waals surface area contributed by atoms with Gasteiger partial charge in [0.2, 0.25) is 0 Å². The summed E-state index contributed by atoms with van der Waals surface area (Å²) in [6.45, 7) is 9.19. The third kappa shape index (κ3) is 7.55. The molecular formula is C20H34NO6PS. The fourth-order valence-corrected chi connectivity index (χ4v) is 6.54. The van der Waals surface area contributed by atoms with Crippen LogP contribution in [0.15, 0.2) is 29.2 Å². The van der Waals surface area contributed by atoms with Gasteiger partial charge in [-0.1, -0.05) is 24.1 Å². The minimum atomic E-state index is -3.46. The van der Waals surface area contributed by atoms with Crippen LogP contribution >= 0.6 is 7.60 Å². The van der Waals surface area contributed by atoms with Crippen LogP contribution < -0.4 is 4.72 Å². The Kier molecular flexibility index (Phi) is 9.95. The Labute approximate surface area is 177 Å². The van der Waals surface area contributed by atoms with Gasteiger partial charge in [0, 0.05) is 6.42 Å². The number of aryl methyl sites for hydroxylation is 1. The van der Waals surface area contributed by atoms with Crippen molar-refractivity contribution in [2.24, 2.45) is 0 Å². The maximum atomic E-state index is 13.4. The van der Waals surface area contributed by atoms with Crippen LogP contribution in [0.2, 0.25) is 0 Å². The van der Waals surface area contributed by atoms with E-state index in [0.29, 0.717) is 24.5 Å². The van der Waals surface area contributed by atoms with E-state index < -0.39 is 30.2 Å². The van der Waals surface area contributed by atoms with E-state index in [-0.39, 0.29) is 13.2 Å². The van der Waals surface area contributed by atoms with E-state index in [9.17, 15) is 8.77 Å². The smallest absolute Gasteiger partial charge is 0.348 e. The van der Waals surface area contributed by atoms with Crippen molar-refractivity contribution in [3.8, 4) is 0 Å². The molecule has 7 nitrogen and oxygen atoms in total. The van der Waals surface area contributed by atoms with Gasteiger partial charge in [-0.15, -0.1) is 0 Å². The molecule has 1 N–H and O–H groups in total. The Morgan fingerprint density at radius 1 is 1.14 bits per heavy atom. The van der Waals surface area contributed by atoms with Crippen LogP contribution in [-0.2, 0) is 34.1 Å². The minimum Gasteiger partial charge on any atom is -0.348 e. The van der Waals surface area contributed by atoms with Gasteiger partial charge in [0.05, 0.1) is 31.3 Å². The van der Waals surface area contributed by atoms with Gasteiger partial charge in [-0.2, -0.15) is 0 Å². The summed E-state index contributed by atoms with van der Waals surface area (Å²) in [6.07, 6.45) is 2.82. The van der Waals surface area contributed by atoms with Crippen molar-refractivity contribution in [1.82, 2.24) is 4.72 Å². The lowest BCUT2D eigenvalue weighted by atomic mass is 10.1. The number of benzene rings is 1. The van der Waals surface area contributed by atoms with Crippen molar-refractivity contribution in [2.45, 2.75) is 69.8 Å². The molecule has 2 atom stereocenters. The summed E-state index contributed by atoms with van der Waals surface area (Å²) in [6, 6.07) is 7.41. The largest absolute Gasteiger partial charge is 0.348 e. The summed E-state index contributed by atoms with van der Waals surface area (Å²) in [5, 5.41) is 0. The molecule has 0 aromatic heterocycles. The number of nitrogens with one attached hydrogen (secondary N) is 1. The zero-order chi connectivity index (χ0) is 21.3. The normalized spacial score (nSPS) is 18.6. The highest BCUT2D eigenvalue weighted by molar-refractivity contribution is 7.83. The first-order valence-corrected chi connectivity index (χ1v) is 13.0. The van der Waals surface area contributed by atoms with Crippen molar-refractivity contribution in [1.29, 1.82) is 0 Å². The van der Waals surface area contributed by atoms with Crippen molar-refractivity contribution >= 4 is 18.6 Å². The quantitative estimate of drug-likeness (QED) is 0.354. The number of hydrogen-bond donors (Lipinski definition) is 1. The molecule has 1 aromatic carbocycles. The van der Waals surface area contributed by atoms with Crippen LogP contribution in [0.4, 0.5) is 0 Å². The Hall–Kier alpha value is -0.600. The average Bonchev–Trinajstić information content (AvgIpc) is 3.11. The number of unbranched alkanes of at least 4 members (excludes halogenated alkanes) is 1. The van der Waals surface area contributed by atoms with Crippen LogP contribution in [0.25, 0.3) is 0 Å². The lowest BCUT2D eigenvalue weighted by Crippen LogP contribution is -2.33. The van der Waals surface area contributed by atoms with Gasteiger partial charge in [-0.05, 0) is 52.7 Å². The monoisotopic (exact) mass is 447 g/mol. The average molecular weight is 448 g/mol. The SMILES string of the molecule is CCOP(=O)(OCC)[C@H](CCCCC1(C)OCCO1)N[S@@](=O)c1ccc(C)cc1. The van der Waals surface area contributed by atoms with E-state index >= 15 is 0 Å². The van der Waals surface area contributed by atoms with E-state index in [0.717, 1.165) is 24.8 Å². The molecular weight excluding hydrogens is 413 g/mol. The molecule has 1 aliphatic rings. The van der Waals surface area contributed by atoms with Gasteiger partial charge < -0.3 is 18.5 Å². The zero-order valence-electron chi connectivity index (χ0n) is 17.8. The lowest BCUT2D eigenvalue weighted by Gasteiger charge is -2.27. The summed E-state index contributed by atoms with van der Waals surface area (Å²) in [5.41, 5.74) is 1.08. The van der Waals surface area contributed by atoms with Crippen molar-refractivity contribution < 1.29 is 27.3 Å². The molecule has 2 rings (SSSR count). The Morgan fingerprint density at radius 3 is 2.28 bits per heavy atom. The Balaban J connectivity index is 2.04. The van der Waals surface area contributed by atoms with Crippen molar-refractivity contribution in [3.63, 3.8) is 0 Å². The first-order chi connectivity index (χ1) is 13.8. The maximum absolute atomic E-state index is 13.4. The fraction of sp³-hybridized carbons (Fsp3) is 0.700. The highest BCUT2D eigenvalue weighted by Gasteiger charge is 2.37. The molecule has 29 heavy (non-hydrogen) atoms.